The number of carbonyl (C=O) groups is 2. The minimum absolute atomic E-state index is 0.0165. The number of aliphatic imine (C=N–C) groups is 1. The van der Waals surface area contributed by atoms with E-state index in [1.54, 1.807) is 18.2 Å². The zero-order valence-corrected chi connectivity index (χ0v) is 14.5. The first kappa shape index (κ1) is 17.1. The van der Waals surface area contributed by atoms with Crippen molar-refractivity contribution in [2.45, 2.75) is 25.7 Å². The molecule has 4 rings (SSSR count). The Labute approximate surface area is 155 Å². The summed E-state index contributed by atoms with van der Waals surface area (Å²) in [5.41, 5.74) is 3.98. The Kier molecular flexibility index (Phi) is 4.27. The van der Waals surface area contributed by atoms with E-state index in [0.29, 0.717) is 11.3 Å². The normalized spacial score (nSPS) is 22.2. The highest BCUT2D eigenvalue weighted by Gasteiger charge is 2.34. The van der Waals surface area contributed by atoms with E-state index in [0.717, 1.165) is 30.5 Å². The number of fused-ring (bicyclic) bond motifs is 2. The van der Waals surface area contributed by atoms with E-state index in [-0.39, 0.29) is 29.8 Å². The van der Waals surface area contributed by atoms with Crippen LogP contribution < -0.4 is 5.32 Å². The van der Waals surface area contributed by atoms with Gasteiger partial charge in [-0.15, -0.1) is 0 Å². The molecule has 0 saturated heterocycles. The Balaban J connectivity index is 1.49. The first-order chi connectivity index (χ1) is 13.0. The van der Waals surface area contributed by atoms with Gasteiger partial charge in [0.1, 0.15) is 0 Å². The van der Waals surface area contributed by atoms with E-state index in [1.807, 2.05) is 12.2 Å². The zero-order chi connectivity index (χ0) is 19.0. The van der Waals surface area contributed by atoms with Crippen LogP contribution in [0.5, 0.6) is 0 Å². The molecule has 1 aliphatic heterocycles. The molecule has 0 fully saturated rings. The van der Waals surface area contributed by atoms with Gasteiger partial charge in [0.2, 0.25) is 0 Å². The van der Waals surface area contributed by atoms with Crippen molar-refractivity contribution in [3.05, 3.63) is 75.0 Å². The van der Waals surface area contributed by atoms with Crippen molar-refractivity contribution in [2.24, 2.45) is 10.9 Å². The number of hydrogen-bond acceptors (Lipinski definition) is 4. The summed E-state index contributed by atoms with van der Waals surface area (Å²) in [6, 6.07) is 5.84. The maximum absolute atomic E-state index is 12.2. The van der Waals surface area contributed by atoms with Crippen LogP contribution in [-0.2, 0) is 16.0 Å². The number of benzene rings is 1. The Morgan fingerprint density at radius 2 is 2.04 bits per heavy atom. The first-order valence-electron chi connectivity index (χ1n) is 8.79. The number of carbonyl (C=O) groups excluding carboxylic acids is 2. The summed E-state index contributed by atoms with van der Waals surface area (Å²) >= 11 is 0. The lowest BCUT2D eigenvalue weighted by Gasteiger charge is -2.28. The number of rotatable bonds is 3. The standard InChI is InChI=1S/C20H17N3O4/c24-19(10-12-4-7-14(8-5-12)23(26)27)21-13-6-9-16-15-2-1-3-17(15)20(25)22-18(16)11-13/h4-9,11,16H,1-3,10H2,(H,22,25). The Bertz CT molecular complexity index is 967. The van der Waals surface area contributed by atoms with Crippen molar-refractivity contribution in [3.8, 4) is 0 Å². The molecule has 0 saturated carbocycles. The minimum Gasteiger partial charge on any atom is -0.325 e. The van der Waals surface area contributed by atoms with E-state index >= 15 is 0 Å². The van der Waals surface area contributed by atoms with Crippen molar-refractivity contribution < 1.29 is 14.5 Å². The Morgan fingerprint density at radius 1 is 1.26 bits per heavy atom. The summed E-state index contributed by atoms with van der Waals surface area (Å²) in [6.07, 6.45) is 8.36. The molecule has 1 aromatic carbocycles. The average Bonchev–Trinajstić information content (AvgIpc) is 3.12. The third-order valence-corrected chi connectivity index (χ3v) is 5.02. The lowest BCUT2D eigenvalue weighted by molar-refractivity contribution is -0.384. The number of allylic oxidation sites excluding steroid dienone is 3. The van der Waals surface area contributed by atoms with Gasteiger partial charge in [0.15, 0.2) is 0 Å². The first-order valence-corrected chi connectivity index (χ1v) is 8.79. The average molecular weight is 363 g/mol. The lowest BCUT2D eigenvalue weighted by atomic mass is 9.85. The van der Waals surface area contributed by atoms with Gasteiger partial charge in [-0.2, -0.15) is 0 Å². The minimum atomic E-state index is -0.481. The van der Waals surface area contributed by atoms with Gasteiger partial charge < -0.3 is 5.32 Å². The third-order valence-electron chi connectivity index (χ3n) is 5.02. The molecule has 7 nitrogen and oxygen atoms in total. The molecule has 3 aliphatic rings. The number of hydrogen-bond donors (Lipinski definition) is 1. The molecule has 2 aliphatic carbocycles. The molecule has 1 atom stereocenters. The number of nitro groups is 1. The molecular formula is C20H17N3O4. The number of non-ortho nitro benzene ring substituents is 1. The van der Waals surface area contributed by atoms with E-state index in [9.17, 15) is 19.7 Å². The quantitative estimate of drug-likeness (QED) is 0.659. The highest BCUT2D eigenvalue weighted by Crippen LogP contribution is 2.39. The van der Waals surface area contributed by atoms with Crippen LogP contribution in [0.4, 0.5) is 5.69 Å². The molecule has 0 bridgehead atoms. The van der Waals surface area contributed by atoms with Crippen molar-refractivity contribution >= 4 is 23.2 Å². The van der Waals surface area contributed by atoms with Gasteiger partial charge in [-0.1, -0.05) is 18.2 Å². The van der Waals surface area contributed by atoms with Gasteiger partial charge in [-0.3, -0.25) is 19.7 Å². The largest absolute Gasteiger partial charge is 0.325 e. The van der Waals surface area contributed by atoms with Crippen molar-refractivity contribution in [1.82, 2.24) is 5.32 Å². The molecule has 27 heavy (non-hydrogen) atoms. The molecule has 2 amide bonds. The highest BCUT2D eigenvalue weighted by atomic mass is 16.6. The Hall–Kier alpha value is -3.35. The summed E-state index contributed by atoms with van der Waals surface area (Å²) in [7, 11) is 0. The summed E-state index contributed by atoms with van der Waals surface area (Å²) in [6.45, 7) is 0. The van der Waals surface area contributed by atoms with E-state index < -0.39 is 4.92 Å². The highest BCUT2D eigenvalue weighted by molar-refractivity contribution is 6.11. The summed E-state index contributed by atoms with van der Waals surface area (Å²) in [5, 5.41) is 13.6. The molecule has 1 unspecified atom stereocenters. The van der Waals surface area contributed by atoms with Gasteiger partial charge >= 0.3 is 0 Å². The van der Waals surface area contributed by atoms with Crippen LogP contribution >= 0.6 is 0 Å². The van der Waals surface area contributed by atoms with Crippen LogP contribution in [0.15, 0.2) is 64.3 Å². The predicted molar refractivity (Wildman–Crippen MR) is 99.0 cm³/mol. The fraction of sp³-hybridized carbons (Fsp3) is 0.250. The number of amides is 2. The van der Waals surface area contributed by atoms with Crippen LogP contribution in [-0.4, -0.2) is 22.4 Å². The van der Waals surface area contributed by atoms with E-state index in [4.69, 9.17) is 0 Å². The molecule has 0 aromatic heterocycles. The van der Waals surface area contributed by atoms with Gasteiger partial charge in [-0.25, -0.2) is 4.99 Å². The van der Waals surface area contributed by atoms with Crippen molar-refractivity contribution in [3.63, 3.8) is 0 Å². The van der Waals surface area contributed by atoms with Gasteiger partial charge in [0.05, 0.1) is 17.1 Å². The predicted octanol–water partition coefficient (Wildman–Crippen LogP) is 2.79. The van der Waals surface area contributed by atoms with Gasteiger partial charge in [0.25, 0.3) is 17.5 Å². The van der Waals surface area contributed by atoms with Crippen molar-refractivity contribution in [1.29, 1.82) is 0 Å². The number of nitro benzene ring substituents is 1. The number of nitrogens with zero attached hydrogens (tertiary/aromatic N) is 2. The Morgan fingerprint density at radius 3 is 2.78 bits per heavy atom. The second-order valence-electron chi connectivity index (χ2n) is 6.78. The van der Waals surface area contributed by atoms with Crippen LogP contribution in [0, 0.1) is 16.0 Å². The smallest absolute Gasteiger partial charge is 0.269 e. The molecule has 7 heteroatoms. The monoisotopic (exact) mass is 363 g/mol. The molecule has 1 N–H and O–H groups in total. The summed E-state index contributed by atoms with van der Waals surface area (Å²) in [4.78, 5) is 38.7. The SMILES string of the molecule is O=C(Cc1ccc([N+](=O)[O-])cc1)N=C1C=CC2C(=C1)NC(=O)C1=C2CCC1. The third kappa shape index (κ3) is 3.36. The van der Waals surface area contributed by atoms with E-state index in [1.165, 1.54) is 17.7 Å². The number of nitrogens with one attached hydrogen (secondary N) is 1. The van der Waals surface area contributed by atoms with Crippen molar-refractivity contribution in [2.75, 3.05) is 0 Å². The summed E-state index contributed by atoms with van der Waals surface area (Å²) in [5.74, 6) is -0.317. The van der Waals surface area contributed by atoms with Crippen LogP contribution in [0.2, 0.25) is 0 Å². The fourth-order valence-corrected chi connectivity index (χ4v) is 3.75. The van der Waals surface area contributed by atoms with Gasteiger partial charge in [0, 0.05) is 29.3 Å². The topological polar surface area (TPSA) is 102 Å². The molecule has 1 aromatic rings. The maximum atomic E-state index is 12.2. The second-order valence-corrected chi connectivity index (χ2v) is 6.78. The van der Waals surface area contributed by atoms with Gasteiger partial charge in [-0.05, 0) is 42.6 Å². The molecule has 136 valence electrons. The van der Waals surface area contributed by atoms with Crippen LogP contribution in [0.1, 0.15) is 24.8 Å². The molecule has 1 heterocycles. The second kappa shape index (κ2) is 6.75. The van der Waals surface area contributed by atoms with Crippen LogP contribution in [0.25, 0.3) is 0 Å². The fourth-order valence-electron chi connectivity index (χ4n) is 3.75. The molecular weight excluding hydrogens is 346 g/mol. The van der Waals surface area contributed by atoms with Crippen LogP contribution in [0.3, 0.4) is 0 Å². The van der Waals surface area contributed by atoms with E-state index in [2.05, 4.69) is 10.3 Å². The zero-order valence-electron chi connectivity index (χ0n) is 14.5. The summed E-state index contributed by atoms with van der Waals surface area (Å²) < 4.78 is 0. The lowest BCUT2D eigenvalue weighted by Crippen LogP contribution is -2.35. The maximum Gasteiger partial charge on any atom is 0.269 e. The molecule has 0 spiro atoms. The molecule has 0 radical (unpaired) electrons.